The number of para-hydroxylation sites is 1. The Bertz CT molecular complexity index is 848. The fourth-order valence-electron chi connectivity index (χ4n) is 2.86. The van der Waals surface area contributed by atoms with E-state index < -0.39 is 35.5 Å². The first kappa shape index (κ1) is 20.9. The van der Waals surface area contributed by atoms with Gasteiger partial charge in [-0.25, -0.2) is 14.4 Å². The van der Waals surface area contributed by atoms with Gasteiger partial charge in [-0.3, -0.25) is 10.1 Å². The SMILES string of the molecule is CCOC(=O)C1=C(COC(=O)c2cccc(C)c2[N+](=O)[O-])NC(=O)NC1CC. The number of carbonyl (C=O) groups excluding carboxylic acids is 3. The number of hydrogen-bond acceptors (Lipinski definition) is 7. The van der Waals surface area contributed by atoms with Crippen LogP contribution in [0.25, 0.3) is 0 Å². The Kier molecular flexibility index (Phi) is 6.69. The number of hydrogen-bond donors (Lipinski definition) is 2. The summed E-state index contributed by atoms with van der Waals surface area (Å²) in [6.07, 6.45) is 0.419. The van der Waals surface area contributed by atoms with E-state index in [0.717, 1.165) is 0 Å². The van der Waals surface area contributed by atoms with Gasteiger partial charge in [-0.15, -0.1) is 0 Å². The van der Waals surface area contributed by atoms with Crippen molar-refractivity contribution in [3.05, 3.63) is 50.7 Å². The van der Waals surface area contributed by atoms with Gasteiger partial charge in [0.05, 0.1) is 28.8 Å². The first-order valence-corrected chi connectivity index (χ1v) is 8.68. The number of benzene rings is 1. The highest BCUT2D eigenvalue weighted by Crippen LogP contribution is 2.24. The Balaban J connectivity index is 2.31. The Morgan fingerprint density at radius 1 is 1.21 bits per heavy atom. The number of urea groups is 1. The van der Waals surface area contributed by atoms with E-state index >= 15 is 0 Å². The molecule has 10 nitrogen and oxygen atoms in total. The van der Waals surface area contributed by atoms with E-state index in [4.69, 9.17) is 9.47 Å². The highest BCUT2D eigenvalue weighted by Gasteiger charge is 2.32. The van der Waals surface area contributed by atoms with Crippen molar-refractivity contribution in [2.75, 3.05) is 13.2 Å². The molecule has 150 valence electrons. The fourth-order valence-corrected chi connectivity index (χ4v) is 2.86. The predicted octanol–water partition coefficient (Wildman–Crippen LogP) is 1.97. The number of nitrogens with zero attached hydrogens (tertiary/aromatic N) is 1. The lowest BCUT2D eigenvalue weighted by molar-refractivity contribution is -0.385. The average Bonchev–Trinajstić information content (AvgIpc) is 2.64. The van der Waals surface area contributed by atoms with Crippen LogP contribution < -0.4 is 10.6 Å². The fraction of sp³-hybridized carbons (Fsp3) is 0.389. The molecule has 0 saturated carbocycles. The zero-order valence-corrected chi connectivity index (χ0v) is 15.7. The molecule has 1 aliphatic heterocycles. The standard InChI is InChI=1S/C18H21N3O7/c1-4-12-14(17(23)27-5-2)13(20-18(24)19-12)9-28-16(22)11-8-6-7-10(3)15(11)21(25)26/h6-8,12H,4-5,9H2,1-3H3,(H2,19,20,24). The van der Waals surface area contributed by atoms with E-state index in [9.17, 15) is 24.5 Å². The van der Waals surface area contributed by atoms with Crippen LogP contribution in [0.5, 0.6) is 0 Å². The van der Waals surface area contributed by atoms with Crippen LogP contribution in [0.15, 0.2) is 29.5 Å². The van der Waals surface area contributed by atoms with E-state index in [1.807, 2.05) is 0 Å². The van der Waals surface area contributed by atoms with Gasteiger partial charge in [0.25, 0.3) is 5.69 Å². The third-order valence-electron chi connectivity index (χ3n) is 4.13. The molecule has 10 heteroatoms. The van der Waals surface area contributed by atoms with E-state index in [1.54, 1.807) is 13.8 Å². The summed E-state index contributed by atoms with van der Waals surface area (Å²) in [6, 6.07) is 3.14. The molecule has 1 aliphatic rings. The van der Waals surface area contributed by atoms with E-state index in [-0.39, 0.29) is 29.1 Å². The molecule has 0 bridgehead atoms. The van der Waals surface area contributed by atoms with Crippen LogP contribution in [0.4, 0.5) is 10.5 Å². The molecule has 1 atom stereocenters. The lowest BCUT2D eigenvalue weighted by Gasteiger charge is -2.28. The molecule has 0 spiro atoms. The molecule has 2 N–H and O–H groups in total. The van der Waals surface area contributed by atoms with Crippen molar-refractivity contribution < 1.29 is 28.8 Å². The number of amides is 2. The lowest BCUT2D eigenvalue weighted by atomic mass is 10.0. The third-order valence-corrected chi connectivity index (χ3v) is 4.13. The van der Waals surface area contributed by atoms with Crippen LogP contribution in [0.3, 0.4) is 0 Å². The maximum absolute atomic E-state index is 12.4. The van der Waals surface area contributed by atoms with Crippen LogP contribution in [0, 0.1) is 17.0 Å². The lowest BCUT2D eigenvalue weighted by Crippen LogP contribution is -2.51. The summed E-state index contributed by atoms with van der Waals surface area (Å²) < 4.78 is 10.2. The van der Waals surface area contributed by atoms with Gasteiger partial charge in [0.1, 0.15) is 12.2 Å². The second-order valence-electron chi connectivity index (χ2n) is 5.98. The topological polar surface area (TPSA) is 137 Å². The molecule has 1 aromatic carbocycles. The van der Waals surface area contributed by atoms with Crippen molar-refractivity contribution in [3.63, 3.8) is 0 Å². The number of carbonyl (C=O) groups is 3. The second-order valence-corrected chi connectivity index (χ2v) is 5.98. The first-order chi connectivity index (χ1) is 13.3. The van der Waals surface area contributed by atoms with Crippen molar-refractivity contribution in [2.45, 2.75) is 33.2 Å². The van der Waals surface area contributed by atoms with Gasteiger partial charge in [0.2, 0.25) is 0 Å². The van der Waals surface area contributed by atoms with Crippen LogP contribution in [0.2, 0.25) is 0 Å². The molecule has 0 fully saturated rings. The molecule has 0 aliphatic carbocycles. The van der Waals surface area contributed by atoms with Gasteiger partial charge in [-0.05, 0) is 26.3 Å². The monoisotopic (exact) mass is 391 g/mol. The van der Waals surface area contributed by atoms with Crippen molar-refractivity contribution in [1.82, 2.24) is 10.6 Å². The van der Waals surface area contributed by atoms with Crippen molar-refractivity contribution in [1.29, 1.82) is 0 Å². The summed E-state index contributed by atoms with van der Waals surface area (Å²) >= 11 is 0. The quantitative estimate of drug-likeness (QED) is 0.412. The summed E-state index contributed by atoms with van der Waals surface area (Å²) in [6.45, 7) is 4.62. The van der Waals surface area contributed by atoms with Gasteiger partial charge in [-0.2, -0.15) is 0 Å². The molecule has 1 aromatic rings. The number of aryl methyl sites for hydroxylation is 1. The molecule has 28 heavy (non-hydrogen) atoms. The molecule has 0 saturated heterocycles. The van der Waals surface area contributed by atoms with Crippen molar-refractivity contribution in [3.8, 4) is 0 Å². The average molecular weight is 391 g/mol. The van der Waals surface area contributed by atoms with Crippen LogP contribution >= 0.6 is 0 Å². The molecule has 2 rings (SSSR count). The van der Waals surface area contributed by atoms with E-state index in [0.29, 0.717) is 12.0 Å². The number of nitrogens with one attached hydrogen (secondary N) is 2. The third kappa shape index (κ3) is 4.45. The van der Waals surface area contributed by atoms with Gasteiger partial charge in [0.15, 0.2) is 0 Å². The summed E-state index contributed by atoms with van der Waals surface area (Å²) in [4.78, 5) is 47.1. The van der Waals surface area contributed by atoms with Gasteiger partial charge >= 0.3 is 18.0 Å². The van der Waals surface area contributed by atoms with E-state index in [1.165, 1.54) is 25.1 Å². The van der Waals surface area contributed by atoms with Crippen LogP contribution in [0.1, 0.15) is 36.2 Å². The Morgan fingerprint density at radius 2 is 1.93 bits per heavy atom. The molecular formula is C18H21N3O7. The maximum atomic E-state index is 12.4. The van der Waals surface area contributed by atoms with E-state index in [2.05, 4.69) is 10.6 Å². The van der Waals surface area contributed by atoms with Crippen LogP contribution in [-0.2, 0) is 14.3 Å². The zero-order valence-electron chi connectivity index (χ0n) is 15.7. The molecule has 0 radical (unpaired) electrons. The minimum Gasteiger partial charge on any atom is -0.463 e. The zero-order chi connectivity index (χ0) is 20.8. The molecule has 2 amide bonds. The molecule has 1 heterocycles. The Labute approximate surface area is 161 Å². The van der Waals surface area contributed by atoms with Gasteiger partial charge < -0.3 is 20.1 Å². The second kappa shape index (κ2) is 8.98. The number of nitro groups is 1. The minimum absolute atomic E-state index is 0.0812. The Hall–Kier alpha value is -3.43. The maximum Gasteiger partial charge on any atom is 0.345 e. The number of nitro benzene ring substituents is 1. The number of ether oxygens (including phenoxy) is 2. The first-order valence-electron chi connectivity index (χ1n) is 8.68. The van der Waals surface area contributed by atoms with Crippen LogP contribution in [-0.4, -0.2) is 42.1 Å². The predicted molar refractivity (Wildman–Crippen MR) is 97.5 cm³/mol. The normalized spacial score (nSPS) is 16.1. The highest BCUT2D eigenvalue weighted by atomic mass is 16.6. The summed E-state index contributed by atoms with van der Waals surface area (Å²) in [5.74, 6) is -1.58. The molecule has 1 unspecified atom stereocenters. The summed E-state index contributed by atoms with van der Waals surface area (Å²) in [7, 11) is 0. The smallest absolute Gasteiger partial charge is 0.345 e. The van der Waals surface area contributed by atoms with Crippen molar-refractivity contribution in [2.24, 2.45) is 0 Å². The van der Waals surface area contributed by atoms with Crippen molar-refractivity contribution >= 4 is 23.7 Å². The summed E-state index contributed by atoms with van der Waals surface area (Å²) in [5.41, 5.74) is -0.0243. The van der Waals surface area contributed by atoms with Gasteiger partial charge in [-0.1, -0.05) is 19.1 Å². The number of rotatable bonds is 7. The number of esters is 2. The van der Waals surface area contributed by atoms with Gasteiger partial charge in [0, 0.05) is 5.56 Å². The summed E-state index contributed by atoms with van der Waals surface area (Å²) in [5, 5.41) is 16.3. The Morgan fingerprint density at radius 3 is 2.54 bits per heavy atom. The highest BCUT2D eigenvalue weighted by molar-refractivity contribution is 5.96. The minimum atomic E-state index is -0.938. The largest absolute Gasteiger partial charge is 0.463 e. The molecular weight excluding hydrogens is 370 g/mol. The molecule has 0 aromatic heterocycles.